The fourth-order valence-electron chi connectivity index (χ4n) is 1.49. The molecule has 0 aliphatic rings. The summed E-state index contributed by atoms with van der Waals surface area (Å²) in [6.07, 6.45) is 3.81. The minimum absolute atomic E-state index is 0.289. The van der Waals surface area contributed by atoms with E-state index >= 15 is 0 Å². The molecule has 4 heteroatoms. The van der Waals surface area contributed by atoms with Crippen molar-refractivity contribution in [2.24, 2.45) is 0 Å². The average molecular weight is 249 g/mol. The van der Waals surface area contributed by atoms with Crippen molar-refractivity contribution in [3.8, 4) is 0 Å². The molecule has 0 aliphatic carbocycles. The number of unbranched alkanes of at least 4 members (excludes halogenated alkanes) is 3. The number of benzene rings is 1. The van der Waals surface area contributed by atoms with Gasteiger partial charge in [-0.1, -0.05) is 36.8 Å². The number of ether oxygens (including phenoxy) is 1. The van der Waals surface area contributed by atoms with Crippen molar-refractivity contribution in [2.75, 3.05) is 6.54 Å². The maximum absolute atomic E-state index is 11.3. The van der Waals surface area contributed by atoms with Gasteiger partial charge in [0.25, 0.3) is 0 Å². The Labute approximate surface area is 107 Å². The summed E-state index contributed by atoms with van der Waals surface area (Å²) in [5.41, 5.74) is 0.971. The van der Waals surface area contributed by atoms with Gasteiger partial charge in [0, 0.05) is 13.0 Å². The van der Waals surface area contributed by atoms with Crippen molar-refractivity contribution in [2.45, 2.75) is 32.3 Å². The van der Waals surface area contributed by atoms with Crippen LogP contribution in [0.2, 0.25) is 0 Å². The summed E-state index contributed by atoms with van der Waals surface area (Å²) in [6, 6.07) is 9.55. The molecule has 1 amide bonds. The number of alkyl carbamates (subject to hydrolysis) is 1. The molecule has 0 saturated carbocycles. The second-order valence-corrected chi connectivity index (χ2v) is 4.00. The Morgan fingerprint density at radius 3 is 2.67 bits per heavy atom. The van der Waals surface area contributed by atoms with E-state index in [4.69, 9.17) is 4.74 Å². The molecular formula is C14H19NO3. The second-order valence-electron chi connectivity index (χ2n) is 4.00. The Kier molecular flexibility index (Phi) is 7.28. The number of nitrogens with one attached hydrogen (secondary N) is 1. The Balaban J connectivity index is 2.02. The maximum atomic E-state index is 11.3. The van der Waals surface area contributed by atoms with Crippen LogP contribution < -0.4 is 5.32 Å². The van der Waals surface area contributed by atoms with Gasteiger partial charge in [-0.05, 0) is 18.4 Å². The van der Waals surface area contributed by atoms with E-state index in [1.54, 1.807) is 0 Å². The van der Waals surface area contributed by atoms with Crippen LogP contribution in [0.15, 0.2) is 30.3 Å². The van der Waals surface area contributed by atoms with Crippen LogP contribution in [-0.4, -0.2) is 18.9 Å². The number of rotatable bonds is 8. The SMILES string of the molecule is O=CCCCCCNC(=O)OCc1ccccc1. The number of aldehydes is 1. The molecular weight excluding hydrogens is 230 g/mol. The van der Waals surface area contributed by atoms with E-state index in [0.717, 1.165) is 31.1 Å². The van der Waals surface area contributed by atoms with E-state index in [-0.39, 0.29) is 6.61 Å². The van der Waals surface area contributed by atoms with Crippen LogP contribution in [0.1, 0.15) is 31.2 Å². The van der Waals surface area contributed by atoms with Gasteiger partial charge < -0.3 is 14.8 Å². The lowest BCUT2D eigenvalue weighted by molar-refractivity contribution is -0.107. The summed E-state index contributed by atoms with van der Waals surface area (Å²) in [6.45, 7) is 0.879. The summed E-state index contributed by atoms with van der Waals surface area (Å²) in [5, 5.41) is 2.68. The molecule has 1 N–H and O–H groups in total. The van der Waals surface area contributed by atoms with Gasteiger partial charge in [0.15, 0.2) is 0 Å². The predicted octanol–water partition coefficient (Wildman–Crippen LogP) is 2.67. The molecule has 0 spiro atoms. The topological polar surface area (TPSA) is 55.4 Å². The largest absolute Gasteiger partial charge is 0.445 e. The van der Waals surface area contributed by atoms with Gasteiger partial charge in [-0.3, -0.25) is 0 Å². The minimum Gasteiger partial charge on any atom is -0.445 e. The minimum atomic E-state index is -0.394. The third-order valence-electron chi connectivity index (χ3n) is 2.48. The van der Waals surface area contributed by atoms with Crippen molar-refractivity contribution >= 4 is 12.4 Å². The highest BCUT2D eigenvalue weighted by Gasteiger charge is 2.01. The third-order valence-corrected chi connectivity index (χ3v) is 2.48. The molecule has 1 aromatic carbocycles. The molecule has 1 rings (SSSR count). The van der Waals surface area contributed by atoms with E-state index in [1.165, 1.54) is 0 Å². The summed E-state index contributed by atoms with van der Waals surface area (Å²) >= 11 is 0. The summed E-state index contributed by atoms with van der Waals surface area (Å²) in [5.74, 6) is 0. The number of hydrogen-bond acceptors (Lipinski definition) is 3. The first-order valence-electron chi connectivity index (χ1n) is 6.21. The highest BCUT2D eigenvalue weighted by Crippen LogP contribution is 2.01. The molecule has 0 heterocycles. The molecule has 0 aliphatic heterocycles. The van der Waals surface area contributed by atoms with Gasteiger partial charge >= 0.3 is 6.09 Å². The van der Waals surface area contributed by atoms with Crippen molar-refractivity contribution in [3.63, 3.8) is 0 Å². The van der Waals surface area contributed by atoms with Crippen LogP contribution in [0.25, 0.3) is 0 Å². The van der Waals surface area contributed by atoms with Crippen LogP contribution in [0, 0.1) is 0 Å². The number of carbonyl (C=O) groups is 2. The fourth-order valence-corrected chi connectivity index (χ4v) is 1.49. The third kappa shape index (κ3) is 6.68. The van der Waals surface area contributed by atoms with Crippen LogP contribution in [-0.2, 0) is 16.1 Å². The standard InChI is InChI=1S/C14H19NO3/c16-11-7-2-1-6-10-15-14(17)18-12-13-8-4-3-5-9-13/h3-5,8-9,11H,1-2,6-7,10,12H2,(H,15,17). The van der Waals surface area contributed by atoms with Crippen LogP contribution in [0.3, 0.4) is 0 Å². The van der Waals surface area contributed by atoms with Crippen molar-refractivity contribution < 1.29 is 14.3 Å². The van der Waals surface area contributed by atoms with Gasteiger partial charge in [-0.15, -0.1) is 0 Å². The fraction of sp³-hybridized carbons (Fsp3) is 0.429. The zero-order chi connectivity index (χ0) is 13.1. The van der Waals surface area contributed by atoms with Crippen LogP contribution >= 0.6 is 0 Å². The Morgan fingerprint density at radius 1 is 1.17 bits per heavy atom. The van der Waals surface area contributed by atoms with Gasteiger partial charge in [-0.2, -0.15) is 0 Å². The molecule has 0 bridgehead atoms. The second kappa shape index (κ2) is 9.22. The monoisotopic (exact) mass is 249 g/mol. The smallest absolute Gasteiger partial charge is 0.407 e. The Hall–Kier alpha value is -1.84. The van der Waals surface area contributed by atoms with E-state index in [9.17, 15) is 9.59 Å². The Morgan fingerprint density at radius 2 is 1.94 bits per heavy atom. The molecule has 0 saturated heterocycles. The van der Waals surface area contributed by atoms with E-state index in [2.05, 4.69) is 5.32 Å². The predicted molar refractivity (Wildman–Crippen MR) is 69.2 cm³/mol. The molecule has 18 heavy (non-hydrogen) atoms. The Bertz CT molecular complexity index is 351. The molecule has 0 radical (unpaired) electrons. The first kappa shape index (κ1) is 14.2. The quantitative estimate of drug-likeness (QED) is 0.569. The van der Waals surface area contributed by atoms with Crippen LogP contribution in [0.5, 0.6) is 0 Å². The number of amides is 1. The lowest BCUT2D eigenvalue weighted by atomic mass is 10.2. The van der Waals surface area contributed by atoms with Gasteiger partial charge in [0.2, 0.25) is 0 Å². The van der Waals surface area contributed by atoms with Crippen LogP contribution in [0.4, 0.5) is 4.79 Å². The highest BCUT2D eigenvalue weighted by molar-refractivity contribution is 5.67. The van der Waals surface area contributed by atoms with Crippen molar-refractivity contribution in [1.29, 1.82) is 0 Å². The molecule has 98 valence electrons. The molecule has 4 nitrogen and oxygen atoms in total. The molecule has 0 aromatic heterocycles. The molecule has 1 aromatic rings. The van der Waals surface area contributed by atoms with E-state index < -0.39 is 6.09 Å². The summed E-state index contributed by atoms with van der Waals surface area (Å²) < 4.78 is 5.05. The maximum Gasteiger partial charge on any atom is 0.407 e. The highest BCUT2D eigenvalue weighted by atomic mass is 16.5. The van der Waals surface area contributed by atoms with Gasteiger partial charge in [0.05, 0.1) is 0 Å². The first-order valence-corrected chi connectivity index (χ1v) is 6.21. The average Bonchev–Trinajstić information content (AvgIpc) is 2.41. The van der Waals surface area contributed by atoms with E-state index in [0.29, 0.717) is 13.0 Å². The summed E-state index contributed by atoms with van der Waals surface area (Å²) in [7, 11) is 0. The molecule has 0 atom stereocenters. The van der Waals surface area contributed by atoms with Crippen molar-refractivity contribution in [1.82, 2.24) is 5.32 Å². The first-order chi connectivity index (χ1) is 8.83. The number of carbonyl (C=O) groups excluding carboxylic acids is 2. The van der Waals surface area contributed by atoms with Gasteiger partial charge in [0.1, 0.15) is 12.9 Å². The summed E-state index contributed by atoms with van der Waals surface area (Å²) in [4.78, 5) is 21.4. The lowest BCUT2D eigenvalue weighted by Gasteiger charge is -2.06. The zero-order valence-electron chi connectivity index (χ0n) is 10.4. The van der Waals surface area contributed by atoms with Gasteiger partial charge in [-0.25, -0.2) is 4.79 Å². The molecule has 0 fully saturated rings. The number of hydrogen-bond donors (Lipinski definition) is 1. The van der Waals surface area contributed by atoms with Crippen molar-refractivity contribution in [3.05, 3.63) is 35.9 Å². The lowest BCUT2D eigenvalue weighted by Crippen LogP contribution is -2.25. The molecule has 0 unspecified atom stereocenters. The normalized spacial score (nSPS) is 9.78. The van der Waals surface area contributed by atoms with E-state index in [1.807, 2.05) is 30.3 Å². The zero-order valence-corrected chi connectivity index (χ0v) is 10.4.